The van der Waals surface area contributed by atoms with Gasteiger partial charge in [0.1, 0.15) is 0 Å². The summed E-state index contributed by atoms with van der Waals surface area (Å²) in [4.78, 5) is 27.3. The third-order valence-electron chi connectivity index (χ3n) is 3.93. The van der Waals surface area contributed by atoms with Crippen LogP contribution in [0.5, 0.6) is 0 Å². The van der Waals surface area contributed by atoms with Crippen LogP contribution in [0, 0.1) is 5.92 Å². The highest BCUT2D eigenvalue weighted by molar-refractivity contribution is 5.79. The minimum Gasteiger partial charge on any atom is -0.368 e. The van der Waals surface area contributed by atoms with Crippen molar-refractivity contribution in [1.29, 1.82) is 0 Å². The Morgan fingerprint density at radius 1 is 1.47 bits per heavy atom. The fraction of sp³-hybridized carbons (Fsp3) is 0.571. The van der Waals surface area contributed by atoms with Crippen molar-refractivity contribution < 1.29 is 4.79 Å². The molecule has 1 aliphatic heterocycles. The zero-order valence-electron chi connectivity index (χ0n) is 11.4. The maximum atomic E-state index is 11.3. The zero-order valence-corrected chi connectivity index (χ0v) is 11.4. The second-order valence-electron chi connectivity index (χ2n) is 5.56. The Morgan fingerprint density at radius 3 is 2.79 bits per heavy atom. The van der Waals surface area contributed by atoms with Gasteiger partial charge in [0.25, 0.3) is 0 Å². The summed E-state index contributed by atoms with van der Waals surface area (Å²) < 4.78 is 0. The molecule has 1 unspecified atom stereocenters. The van der Waals surface area contributed by atoms with Crippen LogP contribution in [0.3, 0.4) is 0 Å². The molecule has 19 heavy (non-hydrogen) atoms. The van der Waals surface area contributed by atoms with E-state index in [0.717, 1.165) is 25.1 Å². The number of hydrogen-bond acceptors (Lipinski definition) is 3. The van der Waals surface area contributed by atoms with Crippen molar-refractivity contribution in [2.45, 2.75) is 32.2 Å². The van der Waals surface area contributed by atoms with Crippen LogP contribution in [-0.4, -0.2) is 34.9 Å². The van der Waals surface area contributed by atoms with E-state index >= 15 is 0 Å². The monoisotopic (exact) mass is 263 g/mol. The van der Waals surface area contributed by atoms with Crippen LogP contribution in [-0.2, 0) is 4.79 Å². The van der Waals surface area contributed by atoms with Gasteiger partial charge in [-0.2, -0.15) is 0 Å². The molecule has 2 rings (SSSR count). The number of carbonyl (C=O) groups excluding carboxylic acids is 1. The Balaban J connectivity index is 2.15. The van der Waals surface area contributed by atoms with Crippen LogP contribution in [0.4, 0.5) is 0 Å². The van der Waals surface area contributed by atoms with E-state index in [1.54, 1.807) is 12.3 Å². The molecule has 5 heteroatoms. The molecule has 1 aromatic heterocycles. The van der Waals surface area contributed by atoms with E-state index in [9.17, 15) is 9.59 Å². The molecule has 0 radical (unpaired) electrons. The topological polar surface area (TPSA) is 79.2 Å². The van der Waals surface area contributed by atoms with Gasteiger partial charge in [0.15, 0.2) is 0 Å². The van der Waals surface area contributed by atoms with Gasteiger partial charge in [0.2, 0.25) is 11.5 Å². The van der Waals surface area contributed by atoms with E-state index < -0.39 is 0 Å². The maximum Gasteiger partial charge on any atom is 0.247 e. The first-order chi connectivity index (χ1) is 8.97. The van der Waals surface area contributed by atoms with E-state index in [1.165, 1.54) is 0 Å². The summed E-state index contributed by atoms with van der Waals surface area (Å²) in [7, 11) is 0. The number of likely N-dealkylation sites (tertiary alicyclic amines) is 1. The van der Waals surface area contributed by atoms with Gasteiger partial charge in [-0.05, 0) is 30.7 Å². The third kappa shape index (κ3) is 3.23. The first-order valence-electron chi connectivity index (χ1n) is 6.69. The summed E-state index contributed by atoms with van der Waals surface area (Å²) >= 11 is 0. The lowest BCUT2D eigenvalue weighted by molar-refractivity contribution is -0.123. The maximum absolute atomic E-state index is 11.3. The number of carbonyl (C=O) groups is 1. The van der Waals surface area contributed by atoms with Gasteiger partial charge in [-0.1, -0.05) is 13.0 Å². The number of rotatable bonds is 3. The van der Waals surface area contributed by atoms with Crippen molar-refractivity contribution >= 4 is 5.91 Å². The number of amides is 1. The van der Waals surface area contributed by atoms with Crippen LogP contribution >= 0.6 is 0 Å². The van der Waals surface area contributed by atoms with Crippen molar-refractivity contribution in [3.8, 4) is 0 Å². The number of aromatic nitrogens is 1. The molecular weight excluding hydrogens is 242 g/mol. The molecule has 0 saturated carbocycles. The van der Waals surface area contributed by atoms with Gasteiger partial charge >= 0.3 is 0 Å². The predicted octanol–water partition coefficient (Wildman–Crippen LogP) is 0.674. The predicted molar refractivity (Wildman–Crippen MR) is 73.8 cm³/mol. The summed E-state index contributed by atoms with van der Waals surface area (Å²) in [5, 5.41) is 0. The average Bonchev–Trinajstić information content (AvgIpc) is 2.37. The fourth-order valence-electron chi connectivity index (χ4n) is 2.81. The third-order valence-corrected chi connectivity index (χ3v) is 3.93. The molecule has 1 aromatic rings. The standard InChI is InChI=1S/C14H21N3O2/c1-9-5-12(11-3-4-13(18)16-6-11)8-17(7-9)10(2)14(15)19/h3-4,6,9-10,12H,5,7-8H2,1-2H3,(H2,15,19)(H,16,18)/t9-,10?,12-/m1/s1. The quantitative estimate of drug-likeness (QED) is 0.841. The number of pyridine rings is 1. The second kappa shape index (κ2) is 5.57. The van der Waals surface area contributed by atoms with E-state index in [1.807, 2.05) is 13.0 Å². The fourth-order valence-corrected chi connectivity index (χ4v) is 2.81. The molecule has 3 atom stereocenters. The number of hydrogen-bond donors (Lipinski definition) is 2. The van der Waals surface area contributed by atoms with Crippen LogP contribution in [0.15, 0.2) is 23.1 Å². The Morgan fingerprint density at radius 2 is 2.21 bits per heavy atom. The molecular formula is C14H21N3O2. The first kappa shape index (κ1) is 13.8. The highest BCUT2D eigenvalue weighted by Gasteiger charge is 2.30. The number of nitrogens with two attached hydrogens (primary N) is 1. The number of nitrogens with zero attached hydrogens (tertiary/aromatic N) is 1. The molecule has 0 bridgehead atoms. The molecule has 0 aromatic carbocycles. The lowest BCUT2D eigenvalue weighted by Gasteiger charge is -2.39. The molecule has 1 saturated heterocycles. The normalized spacial score (nSPS) is 26.0. The number of nitrogens with one attached hydrogen (secondary N) is 1. The second-order valence-corrected chi connectivity index (χ2v) is 5.56. The smallest absolute Gasteiger partial charge is 0.247 e. The van der Waals surface area contributed by atoms with Crippen molar-refractivity contribution in [2.75, 3.05) is 13.1 Å². The van der Waals surface area contributed by atoms with E-state index in [-0.39, 0.29) is 17.5 Å². The molecule has 104 valence electrons. The van der Waals surface area contributed by atoms with Crippen molar-refractivity contribution in [2.24, 2.45) is 11.7 Å². The van der Waals surface area contributed by atoms with Crippen LogP contribution in [0.1, 0.15) is 31.7 Å². The van der Waals surface area contributed by atoms with Gasteiger partial charge in [-0.25, -0.2) is 0 Å². The summed E-state index contributed by atoms with van der Waals surface area (Å²) in [5.41, 5.74) is 6.42. The number of primary amides is 1. The Bertz CT molecular complexity index is 491. The van der Waals surface area contributed by atoms with Crippen molar-refractivity contribution in [3.05, 3.63) is 34.2 Å². The summed E-state index contributed by atoms with van der Waals surface area (Å²) in [5.74, 6) is 0.559. The molecule has 1 aliphatic rings. The van der Waals surface area contributed by atoms with Crippen LogP contribution < -0.4 is 11.3 Å². The summed E-state index contributed by atoms with van der Waals surface area (Å²) in [6.45, 7) is 5.73. The van der Waals surface area contributed by atoms with Crippen molar-refractivity contribution in [1.82, 2.24) is 9.88 Å². The molecule has 1 amide bonds. The minimum atomic E-state index is -0.283. The van der Waals surface area contributed by atoms with Crippen LogP contribution in [0.2, 0.25) is 0 Å². The molecule has 1 fully saturated rings. The van der Waals surface area contributed by atoms with Gasteiger partial charge in [0.05, 0.1) is 6.04 Å². The number of piperidine rings is 1. The minimum absolute atomic E-state index is 0.0880. The number of H-pyrrole nitrogens is 1. The molecule has 0 aliphatic carbocycles. The highest BCUT2D eigenvalue weighted by atomic mass is 16.1. The number of aromatic amines is 1. The van der Waals surface area contributed by atoms with Gasteiger partial charge in [-0.3, -0.25) is 14.5 Å². The Kier molecular flexibility index (Phi) is 4.04. The zero-order chi connectivity index (χ0) is 14.0. The Labute approximate surface area is 112 Å². The van der Waals surface area contributed by atoms with E-state index in [4.69, 9.17) is 5.73 Å². The van der Waals surface area contributed by atoms with Crippen molar-refractivity contribution in [3.63, 3.8) is 0 Å². The molecule has 0 spiro atoms. The lowest BCUT2D eigenvalue weighted by Crippen LogP contribution is -2.49. The average molecular weight is 263 g/mol. The van der Waals surface area contributed by atoms with E-state index in [0.29, 0.717) is 11.8 Å². The van der Waals surface area contributed by atoms with Gasteiger partial charge in [0, 0.05) is 25.4 Å². The Hall–Kier alpha value is -1.62. The highest BCUT2D eigenvalue weighted by Crippen LogP contribution is 2.30. The van der Waals surface area contributed by atoms with Crippen LogP contribution in [0.25, 0.3) is 0 Å². The summed E-state index contributed by atoms with van der Waals surface area (Å²) in [6, 6.07) is 3.18. The lowest BCUT2D eigenvalue weighted by atomic mass is 9.85. The van der Waals surface area contributed by atoms with E-state index in [2.05, 4.69) is 16.8 Å². The molecule has 2 heterocycles. The largest absolute Gasteiger partial charge is 0.368 e. The summed E-state index contributed by atoms with van der Waals surface area (Å²) in [6.07, 6.45) is 2.84. The molecule has 3 N–H and O–H groups in total. The molecule has 5 nitrogen and oxygen atoms in total. The first-order valence-corrected chi connectivity index (χ1v) is 6.69. The van der Waals surface area contributed by atoms with Gasteiger partial charge in [-0.15, -0.1) is 0 Å². The van der Waals surface area contributed by atoms with Gasteiger partial charge < -0.3 is 10.7 Å². The SMILES string of the molecule is CC(C(N)=O)N1C[C@H](C)C[C@@H](c2ccc(=O)[nH]c2)C1.